The quantitative estimate of drug-likeness (QED) is 0.448. The second kappa shape index (κ2) is 5.61. The molecule has 14 heavy (non-hydrogen) atoms. The number of aromatic nitrogens is 2. The van der Waals surface area contributed by atoms with Crippen LogP contribution in [0.3, 0.4) is 0 Å². The molecular formula is C10H16N2S2. The topological polar surface area (TPSA) is 25.8 Å². The average molecular weight is 228 g/mol. The molecule has 1 rings (SSSR count). The van der Waals surface area contributed by atoms with E-state index in [1.54, 1.807) is 23.5 Å². The summed E-state index contributed by atoms with van der Waals surface area (Å²) in [4.78, 5) is 8.69. The minimum Gasteiger partial charge on any atom is -0.231 e. The van der Waals surface area contributed by atoms with Crippen molar-refractivity contribution in [1.29, 1.82) is 0 Å². The maximum absolute atomic E-state index is 4.47. The summed E-state index contributed by atoms with van der Waals surface area (Å²) in [6.45, 7) is 8.64. The standard InChI is InChI=1S/C10H16N2S2/c1-7(2)13-9-5-6-11-10(12-9)14-8(3)4/h5-8H,1-4H3. The highest BCUT2D eigenvalue weighted by Crippen LogP contribution is 2.24. The average Bonchev–Trinajstić information content (AvgIpc) is 2.01. The molecule has 0 saturated carbocycles. The third-order valence-electron chi connectivity index (χ3n) is 1.31. The first-order valence-electron chi connectivity index (χ1n) is 4.74. The van der Waals surface area contributed by atoms with Crippen LogP contribution in [0.5, 0.6) is 0 Å². The SMILES string of the molecule is CC(C)Sc1ccnc(SC(C)C)n1. The Balaban J connectivity index is 2.68. The lowest BCUT2D eigenvalue weighted by molar-refractivity contribution is 0.881. The summed E-state index contributed by atoms with van der Waals surface area (Å²) in [6.07, 6.45) is 1.84. The molecule has 1 aromatic rings. The molecule has 0 bridgehead atoms. The lowest BCUT2D eigenvalue weighted by atomic mass is 10.6. The number of hydrogen-bond donors (Lipinski definition) is 0. The first kappa shape index (κ1) is 11.9. The number of thioether (sulfide) groups is 2. The predicted molar refractivity (Wildman–Crippen MR) is 64.0 cm³/mol. The minimum absolute atomic E-state index is 0.536. The van der Waals surface area contributed by atoms with Crippen LogP contribution in [0.1, 0.15) is 27.7 Å². The summed E-state index contributed by atoms with van der Waals surface area (Å²) in [5, 5.41) is 3.06. The van der Waals surface area contributed by atoms with E-state index in [1.807, 2.05) is 12.3 Å². The summed E-state index contributed by atoms with van der Waals surface area (Å²) in [5.41, 5.74) is 0. The van der Waals surface area contributed by atoms with Gasteiger partial charge in [0.2, 0.25) is 0 Å². The largest absolute Gasteiger partial charge is 0.231 e. The van der Waals surface area contributed by atoms with Crippen molar-refractivity contribution in [3.05, 3.63) is 12.3 Å². The molecule has 0 amide bonds. The fraction of sp³-hybridized carbons (Fsp3) is 0.600. The molecule has 1 heterocycles. The van der Waals surface area contributed by atoms with Crippen molar-refractivity contribution in [3.8, 4) is 0 Å². The van der Waals surface area contributed by atoms with E-state index >= 15 is 0 Å². The van der Waals surface area contributed by atoms with E-state index in [1.165, 1.54) is 0 Å². The van der Waals surface area contributed by atoms with Crippen LogP contribution in [-0.4, -0.2) is 20.5 Å². The molecule has 1 aromatic heterocycles. The Labute approximate surface area is 94.3 Å². The zero-order chi connectivity index (χ0) is 10.6. The molecule has 0 spiro atoms. The summed E-state index contributed by atoms with van der Waals surface area (Å²) in [5.74, 6) is 0. The van der Waals surface area contributed by atoms with Crippen molar-refractivity contribution in [3.63, 3.8) is 0 Å². The number of nitrogens with zero attached hydrogens (tertiary/aromatic N) is 2. The van der Waals surface area contributed by atoms with Crippen LogP contribution in [-0.2, 0) is 0 Å². The van der Waals surface area contributed by atoms with Gasteiger partial charge in [0, 0.05) is 16.7 Å². The first-order chi connectivity index (χ1) is 6.58. The van der Waals surface area contributed by atoms with Crippen LogP contribution < -0.4 is 0 Å². The smallest absolute Gasteiger partial charge is 0.188 e. The third-order valence-corrected chi connectivity index (χ3v) is 3.12. The van der Waals surface area contributed by atoms with Gasteiger partial charge in [-0.25, -0.2) is 9.97 Å². The van der Waals surface area contributed by atoms with Gasteiger partial charge < -0.3 is 0 Å². The van der Waals surface area contributed by atoms with Crippen molar-refractivity contribution in [1.82, 2.24) is 9.97 Å². The Bertz CT molecular complexity index is 262. The van der Waals surface area contributed by atoms with Gasteiger partial charge >= 0.3 is 0 Å². The zero-order valence-corrected chi connectivity index (χ0v) is 10.7. The maximum Gasteiger partial charge on any atom is 0.188 e. The van der Waals surface area contributed by atoms with Gasteiger partial charge in [-0.15, -0.1) is 11.8 Å². The summed E-state index contributed by atoms with van der Waals surface area (Å²) in [6, 6.07) is 1.97. The van der Waals surface area contributed by atoms with Crippen molar-refractivity contribution in [2.24, 2.45) is 0 Å². The molecule has 0 aliphatic heterocycles. The molecule has 0 N–H and O–H groups in total. The van der Waals surface area contributed by atoms with Crippen LogP contribution in [0, 0.1) is 0 Å². The van der Waals surface area contributed by atoms with Crippen LogP contribution in [0.15, 0.2) is 22.4 Å². The van der Waals surface area contributed by atoms with Gasteiger partial charge in [-0.3, -0.25) is 0 Å². The van der Waals surface area contributed by atoms with E-state index in [2.05, 4.69) is 37.7 Å². The van der Waals surface area contributed by atoms with Crippen molar-refractivity contribution in [2.45, 2.75) is 48.4 Å². The maximum atomic E-state index is 4.47. The second-order valence-electron chi connectivity index (χ2n) is 3.51. The molecule has 0 aliphatic carbocycles. The number of rotatable bonds is 4. The summed E-state index contributed by atoms with van der Waals surface area (Å²) < 4.78 is 0. The molecule has 2 nitrogen and oxygen atoms in total. The van der Waals surface area contributed by atoms with Crippen molar-refractivity contribution < 1.29 is 0 Å². The first-order valence-corrected chi connectivity index (χ1v) is 6.50. The lowest BCUT2D eigenvalue weighted by Crippen LogP contribution is -1.95. The normalized spacial score (nSPS) is 11.3. The Hall–Kier alpha value is -0.220. The zero-order valence-electron chi connectivity index (χ0n) is 9.02. The Morgan fingerprint density at radius 3 is 2.29 bits per heavy atom. The fourth-order valence-corrected chi connectivity index (χ4v) is 2.41. The number of hydrogen-bond acceptors (Lipinski definition) is 4. The molecule has 0 saturated heterocycles. The third kappa shape index (κ3) is 4.33. The van der Waals surface area contributed by atoms with Crippen LogP contribution in [0.25, 0.3) is 0 Å². The van der Waals surface area contributed by atoms with Crippen LogP contribution in [0.4, 0.5) is 0 Å². The van der Waals surface area contributed by atoms with Crippen LogP contribution >= 0.6 is 23.5 Å². The molecule has 4 heteroatoms. The molecule has 0 unspecified atom stereocenters. The Morgan fingerprint density at radius 1 is 1.07 bits per heavy atom. The van der Waals surface area contributed by atoms with Gasteiger partial charge in [0.1, 0.15) is 5.03 Å². The highest BCUT2D eigenvalue weighted by molar-refractivity contribution is 8.00. The monoisotopic (exact) mass is 228 g/mol. The minimum atomic E-state index is 0.536. The van der Waals surface area contributed by atoms with E-state index in [0.717, 1.165) is 10.2 Å². The molecule has 0 aliphatic rings. The van der Waals surface area contributed by atoms with Gasteiger partial charge in [-0.05, 0) is 6.07 Å². The van der Waals surface area contributed by atoms with E-state index < -0.39 is 0 Å². The molecule has 0 atom stereocenters. The van der Waals surface area contributed by atoms with Gasteiger partial charge in [-0.1, -0.05) is 39.5 Å². The molecule has 0 aromatic carbocycles. The molecule has 78 valence electrons. The van der Waals surface area contributed by atoms with Crippen molar-refractivity contribution >= 4 is 23.5 Å². The highest BCUT2D eigenvalue weighted by Gasteiger charge is 2.04. The highest BCUT2D eigenvalue weighted by atomic mass is 32.2. The molecule has 0 radical (unpaired) electrons. The molecule has 0 fully saturated rings. The van der Waals surface area contributed by atoms with Gasteiger partial charge in [0.05, 0.1) is 0 Å². The fourth-order valence-electron chi connectivity index (χ4n) is 0.900. The van der Waals surface area contributed by atoms with Crippen LogP contribution in [0.2, 0.25) is 0 Å². The van der Waals surface area contributed by atoms with Gasteiger partial charge in [0.25, 0.3) is 0 Å². The van der Waals surface area contributed by atoms with E-state index in [9.17, 15) is 0 Å². The Kier molecular flexibility index (Phi) is 4.75. The van der Waals surface area contributed by atoms with Gasteiger partial charge in [0.15, 0.2) is 5.16 Å². The van der Waals surface area contributed by atoms with E-state index in [4.69, 9.17) is 0 Å². The summed E-state index contributed by atoms with van der Waals surface area (Å²) in [7, 11) is 0. The Morgan fingerprint density at radius 2 is 1.71 bits per heavy atom. The second-order valence-corrected chi connectivity index (χ2v) is 6.65. The van der Waals surface area contributed by atoms with E-state index in [-0.39, 0.29) is 0 Å². The van der Waals surface area contributed by atoms with E-state index in [0.29, 0.717) is 10.5 Å². The van der Waals surface area contributed by atoms with Crippen molar-refractivity contribution in [2.75, 3.05) is 0 Å². The predicted octanol–water partition coefficient (Wildman–Crippen LogP) is 3.48. The summed E-state index contributed by atoms with van der Waals surface area (Å²) >= 11 is 3.48. The molecular weight excluding hydrogens is 212 g/mol. The van der Waals surface area contributed by atoms with Gasteiger partial charge in [-0.2, -0.15) is 0 Å². The lowest BCUT2D eigenvalue weighted by Gasteiger charge is -2.06.